The van der Waals surface area contributed by atoms with Gasteiger partial charge in [0.05, 0.1) is 11.8 Å². The number of hydrogen-bond donors (Lipinski definition) is 2. The fourth-order valence-corrected chi connectivity index (χ4v) is 1.01. The topological polar surface area (TPSA) is 94.2 Å². The molecule has 0 aliphatic rings. The second-order valence-electron chi connectivity index (χ2n) is 2.50. The van der Waals surface area contributed by atoms with E-state index in [1.54, 1.807) is 0 Å². The number of aromatic hydroxyl groups is 1. The predicted octanol–water partition coefficient (Wildman–Crippen LogP) is 1.29. The first-order valence-electron chi connectivity index (χ1n) is 3.62. The van der Waals surface area contributed by atoms with Crippen molar-refractivity contribution in [1.29, 1.82) is 5.26 Å². The van der Waals surface area contributed by atoms with Gasteiger partial charge in [0.15, 0.2) is 0 Å². The highest BCUT2D eigenvalue weighted by molar-refractivity contribution is 5.93. The summed E-state index contributed by atoms with van der Waals surface area (Å²) < 4.78 is 24.6. The molecule has 1 aromatic heterocycles. The molecule has 0 unspecified atom stereocenters. The highest BCUT2D eigenvalue weighted by atomic mass is 19.3. The Morgan fingerprint density at radius 1 is 1.60 bits per heavy atom. The number of carbonyl (C=O) groups is 1. The molecule has 0 aliphatic carbocycles. The predicted molar refractivity (Wildman–Crippen MR) is 42.5 cm³/mol. The van der Waals surface area contributed by atoms with Crippen molar-refractivity contribution in [2.45, 2.75) is 6.43 Å². The minimum absolute atomic E-state index is 0.575. The van der Waals surface area contributed by atoms with E-state index >= 15 is 0 Å². The average Bonchev–Trinajstić information content (AvgIpc) is 2.15. The second-order valence-corrected chi connectivity index (χ2v) is 2.50. The molecule has 0 bridgehead atoms. The highest BCUT2D eigenvalue weighted by Gasteiger charge is 2.24. The number of nitrogens with zero attached hydrogens (tertiary/aromatic N) is 2. The normalized spacial score (nSPS) is 10.0. The summed E-state index contributed by atoms with van der Waals surface area (Å²) in [6.07, 6.45) is -2.50. The van der Waals surface area contributed by atoms with E-state index in [1.807, 2.05) is 0 Å². The number of carboxylic acids is 1. The van der Waals surface area contributed by atoms with Gasteiger partial charge in [0.25, 0.3) is 6.43 Å². The van der Waals surface area contributed by atoms with E-state index in [1.165, 1.54) is 6.07 Å². The smallest absolute Gasteiger partial charge is 0.340 e. The molecule has 0 amide bonds. The second kappa shape index (κ2) is 3.88. The number of aromatic carboxylic acids is 1. The van der Waals surface area contributed by atoms with Crippen molar-refractivity contribution in [2.24, 2.45) is 0 Å². The summed E-state index contributed by atoms with van der Waals surface area (Å²) >= 11 is 0. The van der Waals surface area contributed by atoms with Gasteiger partial charge in [-0.3, -0.25) is 0 Å². The zero-order valence-electron chi connectivity index (χ0n) is 7.11. The van der Waals surface area contributed by atoms with Crippen LogP contribution in [0, 0.1) is 11.3 Å². The van der Waals surface area contributed by atoms with E-state index in [-0.39, 0.29) is 0 Å². The molecule has 1 aromatic rings. The summed E-state index contributed by atoms with van der Waals surface area (Å²) in [5.74, 6) is -2.48. The lowest BCUT2D eigenvalue weighted by Crippen LogP contribution is -2.06. The van der Waals surface area contributed by atoms with Crippen LogP contribution in [0.3, 0.4) is 0 Å². The molecule has 5 nitrogen and oxygen atoms in total. The van der Waals surface area contributed by atoms with Crippen molar-refractivity contribution < 1.29 is 23.8 Å². The first kappa shape index (κ1) is 10.8. The Hall–Kier alpha value is -2.23. The lowest BCUT2D eigenvalue weighted by molar-refractivity contribution is 0.0692. The first-order chi connectivity index (χ1) is 6.99. The maximum absolute atomic E-state index is 12.3. The van der Waals surface area contributed by atoms with Crippen LogP contribution in [0.25, 0.3) is 0 Å². The third-order valence-corrected chi connectivity index (χ3v) is 1.62. The molecule has 78 valence electrons. The number of pyridine rings is 1. The number of aromatic nitrogens is 1. The molecule has 0 saturated carbocycles. The van der Waals surface area contributed by atoms with Crippen molar-refractivity contribution in [3.05, 3.63) is 23.0 Å². The summed E-state index contributed by atoms with van der Waals surface area (Å²) in [5.41, 5.74) is -2.63. The van der Waals surface area contributed by atoms with Crippen LogP contribution >= 0.6 is 0 Å². The molecule has 0 spiro atoms. The van der Waals surface area contributed by atoms with E-state index in [4.69, 9.17) is 15.5 Å². The molecule has 7 heteroatoms. The molecular weight excluding hydrogens is 210 g/mol. The van der Waals surface area contributed by atoms with Gasteiger partial charge < -0.3 is 10.2 Å². The fraction of sp³-hybridized carbons (Fsp3) is 0.125. The molecule has 1 heterocycles. The highest BCUT2D eigenvalue weighted by Crippen LogP contribution is 2.27. The number of rotatable bonds is 2. The van der Waals surface area contributed by atoms with Crippen LogP contribution in [0.2, 0.25) is 0 Å². The Labute approximate surface area is 82.2 Å². The summed E-state index contributed by atoms with van der Waals surface area (Å²) in [6.45, 7) is 0. The van der Waals surface area contributed by atoms with Crippen LogP contribution in [-0.2, 0) is 0 Å². The zero-order valence-corrected chi connectivity index (χ0v) is 7.11. The van der Waals surface area contributed by atoms with Crippen LogP contribution in [0.4, 0.5) is 8.78 Å². The lowest BCUT2D eigenvalue weighted by atomic mass is 10.1. The van der Waals surface area contributed by atoms with Crippen molar-refractivity contribution in [3.63, 3.8) is 0 Å². The molecule has 0 aliphatic heterocycles. The molecule has 0 aromatic carbocycles. The summed E-state index contributed by atoms with van der Waals surface area (Å²) in [5, 5.41) is 26.2. The minimum Gasteiger partial charge on any atom is -0.505 e. The number of hydrogen-bond acceptors (Lipinski definition) is 4. The molecule has 1 rings (SSSR count). The molecule has 15 heavy (non-hydrogen) atoms. The van der Waals surface area contributed by atoms with Crippen LogP contribution in [-0.4, -0.2) is 21.2 Å². The van der Waals surface area contributed by atoms with Crippen LogP contribution in [0.15, 0.2) is 6.20 Å². The number of carboxylic acid groups (broad SMARTS) is 1. The Morgan fingerprint density at radius 3 is 2.60 bits per heavy atom. The SMILES string of the molecule is N#Cc1c(C(F)F)ncc(O)c1C(=O)O. The van der Waals surface area contributed by atoms with Gasteiger partial charge >= 0.3 is 5.97 Å². The maximum atomic E-state index is 12.3. The molecule has 0 radical (unpaired) electrons. The molecule has 2 N–H and O–H groups in total. The maximum Gasteiger partial charge on any atom is 0.340 e. The zero-order chi connectivity index (χ0) is 11.6. The van der Waals surface area contributed by atoms with E-state index < -0.39 is 35.0 Å². The lowest BCUT2D eigenvalue weighted by Gasteiger charge is -2.05. The van der Waals surface area contributed by atoms with Gasteiger partial charge in [-0.25, -0.2) is 18.6 Å². The van der Waals surface area contributed by atoms with Gasteiger partial charge in [0, 0.05) is 0 Å². The van der Waals surface area contributed by atoms with Crippen LogP contribution in [0.1, 0.15) is 28.0 Å². The fourth-order valence-electron chi connectivity index (χ4n) is 1.01. The first-order valence-corrected chi connectivity index (χ1v) is 3.62. The standard InChI is InChI=1S/C8H4F2N2O3/c9-7(10)6-3(1-11)5(8(14)15)4(13)2-12-6/h2,7,13H,(H,14,15). The van der Waals surface area contributed by atoms with Crippen LogP contribution < -0.4 is 0 Å². The van der Waals surface area contributed by atoms with E-state index in [9.17, 15) is 13.6 Å². The van der Waals surface area contributed by atoms with Gasteiger partial charge in [0.1, 0.15) is 23.1 Å². The number of alkyl halides is 2. The molecular formula is C8H4F2N2O3. The third kappa shape index (κ3) is 1.83. The van der Waals surface area contributed by atoms with Gasteiger partial charge in [-0.2, -0.15) is 5.26 Å². The monoisotopic (exact) mass is 214 g/mol. The van der Waals surface area contributed by atoms with Gasteiger partial charge in [-0.1, -0.05) is 0 Å². The van der Waals surface area contributed by atoms with Crippen molar-refractivity contribution in [3.8, 4) is 11.8 Å². The summed E-state index contributed by atoms with van der Waals surface area (Å²) in [4.78, 5) is 13.7. The number of nitriles is 1. The minimum atomic E-state index is -3.07. The average molecular weight is 214 g/mol. The largest absolute Gasteiger partial charge is 0.505 e. The molecule has 0 saturated heterocycles. The van der Waals surface area contributed by atoms with Gasteiger partial charge in [0.2, 0.25) is 0 Å². The quantitative estimate of drug-likeness (QED) is 0.773. The van der Waals surface area contributed by atoms with E-state index in [0.29, 0.717) is 6.20 Å². The summed E-state index contributed by atoms with van der Waals surface area (Å²) in [7, 11) is 0. The Bertz CT molecular complexity index is 454. The summed E-state index contributed by atoms with van der Waals surface area (Å²) in [6, 6.07) is 1.28. The Balaban J connectivity index is 3.56. The van der Waals surface area contributed by atoms with Crippen molar-refractivity contribution in [1.82, 2.24) is 4.98 Å². The van der Waals surface area contributed by atoms with Gasteiger partial charge in [-0.05, 0) is 0 Å². The van der Waals surface area contributed by atoms with Crippen LogP contribution in [0.5, 0.6) is 5.75 Å². The van der Waals surface area contributed by atoms with E-state index in [0.717, 1.165) is 0 Å². The molecule has 0 atom stereocenters. The van der Waals surface area contributed by atoms with E-state index in [2.05, 4.69) is 4.98 Å². The Kier molecular flexibility index (Phi) is 2.80. The van der Waals surface area contributed by atoms with Crippen molar-refractivity contribution in [2.75, 3.05) is 0 Å². The molecule has 0 fully saturated rings. The van der Waals surface area contributed by atoms with Crippen molar-refractivity contribution >= 4 is 5.97 Å². The third-order valence-electron chi connectivity index (χ3n) is 1.62. The van der Waals surface area contributed by atoms with Gasteiger partial charge in [-0.15, -0.1) is 0 Å². The number of halogens is 2. The Morgan fingerprint density at radius 2 is 2.20 bits per heavy atom.